The van der Waals surface area contributed by atoms with Crippen molar-refractivity contribution in [1.29, 1.82) is 0 Å². The highest BCUT2D eigenvalue weighted by molar-refractivity contribution is 6.14. The lowest BCUT2D eigenvalue weighted by Gasteiger charge is -2.34. The van der Waals surface area contributed by atoms with Gasteiger partial charge in [-0.15, -0.1) is 0 Å². The lowest BCUT2D eigenvalue weighted by molar-refractivity contribution is -0.123. The standard InChI is InChI=1S/C27H34N4O2/c1-4-31-23-13-9-8-12-22(23)26(27(31)21-10-6-5-7-11-21)24(32)18-29-14-16-30(17-15-29)19-25(33)28-20(2)3/h5-13,20H,4,14-19H2,1-3H3,(H,28,33). The Hall–Kier alpha value is -2.96. The summed E-state index contributed by atoms with van der Waals surface area (Å²) >= 11 is 0. The average molecular weight is 447 g/mol. The van der Waals surface area contributed by atoms with Gasteiger partial charge in [0.1, 0.15) is 0 Å². The predicted molar refractivity (Wildman–Crippen MR) is 134 cm³/mol. The molecule has 1 fully saturated rings. The van der Waals surface area contributed by atoms with Crippen LogP contribution in [-0.2, 0) is 11.3 Å². The Labute approximate surface area is 196 Å². The Balaban J connectivity index is 1.53. The van der Waals surface area contributed by atoms with E-state index >= 15 is 0 Å². The number of piperazine rings is 1. The molecule has 6 heteroatoms. The van der Waals surface area contributed by atoms with Crippen LogP contribution in [0.3, 0.4) is 0 Å². The number of hydrogen-bond acceptors (Lipinski definition) is 4. The van der Waals surface area contributed by atoms with E-state index in [-0.39, 0.29) is 17.7 Å². The fourth-order valence-electron chi connectivity index (χ4n) is 4.77. The first-order chi connectivity index (χ1) is 16.0. The number of aromatic nitrogens is 1. The minimum Gasteiger partial charge on any atom is -0.353 e. The second-order valence-corrected chi connectivity index (χ2v) is 9.05. The molecule has 1 amide bonds. The second-order valence-electron chi connectivity index (χ2n) is 9.05. The number of carbonyl (C=O) groups is 2. The third-order valence-electron chi connectivity index (χ3n) is 6.26. The van der Waals surface area contributed by atoms with Crippen molar-refractivity contribution in [3.63, 3.8) is 0 Å². The van der Waals surface area contributed by atoms with E-state index in [1.165, 1.54) is 0 Å². The van der Waals surface area contributed by atoms with Crippen molar-refractivity contribution < 1.29 is 9.59 Å². The van der Waals surface area contributed by atoms with E-state index in [1.807, 2.05) is 44.2 Å². The number of fused-ring (bicyclic) bond motifs is 1. The van der Waals surface area contributed by atoms with E-state index in [0.717, 1.165) is 60.4 Å². The molecule has 33 heavy (non-hydrogen) atoms. The number of carbonyl (C=O) groups excluding carboxylic acids is 2. The van der Waals surface area contributed by atoms with Gasteiger partial charge in [-0.05, 0) is 32.4 Å². The maximum atomic E-state index is 13.7. The summed E-state index contributed by atoms with van der Waals surface area (Å²) in [6.07, 6.45) is 0. The van der Waals surface area contributed by atoms with Gasteiger partial charge in [-0.3, -0.25) is 19.4 Å². The first kappa shape index (κ1) is 23.2. The minimum atomic E-state index is 0.0643. The largest absolute Gasteiger partial charge is 0.353 e. The number of hydrogen-bond donors (Lipinski definition) is 1. The molecular formula is C27H34N4O2. The van der Waals surface area contributed by atoms with Gasteiger partial charge in [0.05, 0.1) is 24.3 Å². The van der Waals surface area contributed by atoms with Crippen molar-refractivity contribution in [1.82, 2.24) is 19.7 Å². The number of amides is 1. The molecule has 0 spiro atoms. The van der Waals surface area contributed by atoms with Gasteiger partial charge in [0.15, 0.2) is 5.78 Å². The van der Waals surface area contributed by atoms with Crippen LogP contribution in [0.2, 0.25) is 0 Å². The van der Waals surface area contributed by atoms with Gasteiger partial charge in [0.2, 0.25) is 5.91 Å². The van der Waals surface area contributed by atoms with Crippen molar-refractivity contribution in [2.24, 2.45) is 0 Å². The Morgan fingerprint density at radius 1 is 0.879 bits per heavy atom. The van der Waals surface area contributed by atoms with E-state index in [2.05, 4.69) is 50.9 Å². The normalized spacial score (nSPS) is 15.3. The summed E-state index contributed by atoms with van der Waals surface area (Å²) in [5.41, 5.74) is 3.99. The van der Waals surface area contributed by atoms with Crippen LogP contribution in [0.15, 0.2) is 54.6 Å². The quantitative estimate of drug-likeness (QED) is 0.537. The summed E-state index contributed by atoms with van der Waals surface area (Å²) in [4.78, 5) is 30.1. The number of rotatable bonds is 8. The lowest BCUT2D eigenvalue weighted by atomic mass is 10.0. The van der Waals surface area contributed by atoms with Crippen molar-refractivity contribution >= 4 is 22.6 Å². The molecule has 1 aliphatic rings. The molecule has 1 N–H and O–H groups in total. The molecule has 0 saturated carbocycles. The number of ketones is 1. The smallest absolute Gasteiger partial charge is 0.234 e. The average Bonchev–Trinajstić information content (AvgIpc) is 3.15. The number of para-hydroxylation sites is 1. The van der Waals surface area contributed by atoms with Crippen molar-refractivity contribution in [2.75, 3.05) is 39.3 Å². The molecular weight excluding hydrogens is 412 g/mol. The molecule has 3 aromatic rings. The third-order valence-corrected chi connectivity index (χ3v) is 6.26. The Kier molecular flexibility index (Phi) is 7.26. The van der Waals surface area contributed by atoms with Gasteiger partial charge in [-0.2, -0.15) is 0 Å². The summed E-state index contributed by atoms with van der Waals surface area (Å²) < 4.78 is 2.25. The molecule has 0 bridgehead atoms. The SMILES string of the molecule is CCn1c(-c2ccccc2)c(C(=O)CN2CCN(CC(=O)NC(C)C)CC2)c2ccccc21. The highest BCUT2D eigenvalue weighted by Gasteiger charge is 2.26. The van der Waals surface area contributed by atoms with Crippen LogP contribution in [0, 0.1) is 0 Å². The zero-order valence-corrected chi connectivity index (χ0v) is 19.9. The summed E-state index contributed by atoms with van der Waals surface area (Å²) in [6, 6.07) is 18.6. The first-order valence-corrected chi connectivity index (χ1v) is 11.9. The van der Waals surface area contributed by atoms with E-state index in [4.69, 9.17) is 0 Å². The Morgan fingerprint density at radius 2 is 1.48 bits per heavy atom. The third kappa shape index (κ3) is 5.18. The number of aryl methyl sites for hydroxylation is 1. The molecule has 1 saturated heterocycles. The van der Waals surface area contributed by atoms with Gasteiger partial charge in [-0.1, -0.05) is 48.5 Å². The number of nitrogens with one attached hydrogen (secondary N) is 1. The van der Waals surface area contributed by atoms with E-state index in [0.29, 0.717) is 13.1 Å². The van der Waals surface area contributed by atoms with Crippen LogP contribution in [0.4, 0.5) is 0 Å². The fraction of sp³-hybridized carbons (Fsp3) is 0.407. The summed E-state index contributed by atoms with van der Waals surface area (Å²) in [7, 11) is 0. The van der Waals surface area contributed by atoms with E-state index in [1.54, 1.807) is 0 Å². The zero-order valence-electron chi connectivity index (χ0n) is 19.9. The Morgan fingerprint density at radius 3 is 2.12 bits per heavy atom. The molecule has 0 atom stereocenters. The molecule has 6 nitrogen and oxygen atoms in total. The van der Waals surface area contributed by atoms with Crippen LogP contribution in [0.5, 0.6) is 0 Å². The van der Waals surface area contributed by atoms with Crippen LogP contribution >= 0.6 is 0 Å². The van der Waals surface area contributed by atoms with Gasteiger partial charge in [0.25, 0.3) is 0 Å². The zero-order chi connectivity index (χ0) is 23.4. The van der Waals surface area contributed by atoms with E-state index < -0.39 is 0 Å². The van der Waals surface area contributed by atoms with Crippen molar-refractivity contribution in [3.05, 3.63) is 60.2 Å². The van der Waals surface area contributed by atoms with Gasteiger partial charge in [-0.25, -0.2) is 0 Å². The molecule has 2 aromatic carbocycles. The van der Waals surface area contributed by atoms with Gasteiger partial charge < -0.3 is 9.88 Å². The summed E-state index contributed by atoms with van der Waals surface area (Å²) in [5, 5.41) is 3.97. The number of Topliss-reactive ketones (excluding diaryl/α,β-unsaturated/α-hetero) is 1. The molecule has 1 aromatic heterocycles. The van der Waals surface area contributed by atoms with Crippen molar-refractivity contribution in [3.8, 4) is 11.3 Å². The molecule has 0 radical (unpaired) electrons. The van der Waals surface area contributed by atoms with Crippen LogP contribution in [0.1, 0.15) is 31.1 Å². The highest BCUT2D eigenvalue weighted by atomic mass is 16.2. The maximum absolute atomic E-state index is 13.7. The molecule has 2 heterocycles. The van der Waals surface area contributed by atoms with Crippen LogP contribution in [0.25, 0.3) is 22.2 Å². The van der Waals surface area contributed by atoms with E-state index in [9.17, 15) is 9.59 Å². The summed E-state index contributed by atoms with van der Waals surface area (Å²) in [5.74, 6) is 0.220. The molecule has 174 valence electrons. The first-order valence-electron chi connectivity index (χ1n) is 11.9. The van der Waals surface area contributed by atoms with Crippen LogP contribution in [-0.4, -0.2) is 71.4 Å². The minimum absolute atomic E-state index is 0.0643. The molecule has 0 aliphatic carbocycles. The number of nitrogens with zero attached hydrogens (tertiary/aromatic N) is 3. The summed E-state index contributed by atoms with van der Waals surface area (Å²) in [6.45, 7) is 10.8. The lowest BCUT2D eigenvalue weighted by Crippen LogP contribution is -2.51. The monoisotopic (exact) mass is 446 g/mol. The highest BCUT2D eigenvalue weighted by Crippen LogP contribution is 2.34. The van der Waals surface area contributed by atoms with Crippen molar-refractivity contribution in [2.45, 2.75) is 33.4 Å². The fourth-order valence-corrected chi connectivity index (χ4v) is 4.77. The molecule has 1 aliphatic heterocycles. The topological polar surface area (TPSA) is 57.6 Å². The predicted octanol–water partition coefficient (Wildman–Crippen LogP) is 3.65. The van der Waals surface area contributed by atoms with Gasteiger partial charge in [0, 0.05) is 49.7 Å². The second kappa shape index (κ2) is 10.3. The van der Waals surface area contributed by atoms with Gasteiger partial charge >= 0.3 is 0 Å². The molecule has 0 unspecified atom stereocenters. The maximum Gasteiger partial charge on any atom is 0.234 e. The number of benzene rings is 2. The van der Waals surface area contributed by atoms with Crippen LogP contribution < -0.4 is 5.32 Å². The Bertz CT molecular complexity index is 1110. The molecule has 4 rings (SSSR count).